The molecule has 1 aromatic carbocycles. The van der Waals surface area contributed by atoms with E-state index in [-0.39, 0.29) is 17.9 Å². The molecule has 0 radical (unpaired) electrons. The molecule has 0 bridgehead atoms. The van der Waals surface area contributed by atoms with E-state index >= 15 is 0 Å². The van der Waals surface area contributed by atoms with Gasteiger partial charge in [0, 0.05) is 48.2 Å². The summed E-state index contributed by atoms with van der Waals surface area (Å²) in [6.45, 7) is 4.74. The summed E-state index contributed by atoms with van der Waals surface area (Å²) in [7, 11) is 0. The lowest BCUT2D eigenvalue weighted by atomic mass is 9.78. The number of carbonyl (C=O) groups is 2. The maximum Gasteiger partial charge on any atom is 0.407 e. The van der Waals surface area contributed by atoms with Crippen molar-refractivity contribution in [1.82, 2.24) is 19.9 Å². The molecule has 35 heavy (non-hydrogen) atoms. The number of pyridine rings is 3. The Hall–Kier alpha value is -4.53. The van der Waals surface area contributed by atoms with Crippen molar-refractivity contribution in [2.75, 3.05) is 17.2 Å². The van der Waals surface area contributed by atoms with Crippen molar-refractivity contribution in [1.29, 1.82) is 0 Å². The highest BCUT2D eigenvalue weighted by atomic mass is 16.4. The van der Waals surface area contributed by atoms with Crippen molar-refractivity contribution in [3.8, 4) is 0 Å². The summed E-state index contributed by atoms with van der Waals surface area (Å²) in [5.41, 5.74) is 4.09. The highest BCUT2D eigenvalue weighted by Crippen LogP contribution is 2.35. The second-order valence-corrected chi connectivity index (χ2v) is 9.17. The first-order chi connectivity index (χ1) is 16.8. The molecule has 176 valence electrons. The SMILES string of the molecule is CC1(C)CN(C(=O)O)Cc2cc(NC(=O)c3cccnc3Nc3cnc4ccncc4c3)ccc21. The number of amides is 2. The molecular weight excluding hydrogens is 444 g/mol. The van der Waals surface area contributed by atoms with E-state index in [4.69, 9.17) is 0 Å². The van der Waals surface area contributed by atoms with Gasteiger partial charge in [-0.3, -0.25) is 14.8 Å². The van der Waals surface area contributed by atoms with Crippen LogP contribution in [0.3, 0.4) is 0 Å². The average Bonchev–Trinajstić information content (AvgIpc) is 2.83. The number of carboxylic acid groups (broad SMARTS) is 1. The van der Waals surface area contributed by atoms with Gasteiger partial charge >= 0.3 is 6.09 Å². The van der Waals surface area contributed by atoms with Gasteiger partial charge in [-0.25, -0.2) is 9.78 Å². The first-order valence-corrected chi connectivity index (χ1v) is 11.1. The standard InChI is InChI=1S/C26H24N6O3/c1-26(2)15-32(25(34)35)14-17-11-18(5-6-21(17)26)31-24(33)20-4-3-8-28-23(20)30-19-10-16-12-27-9-7-22(16)29-13-19/h3-13H,14-15H2,1-2H3,(H,28,30)(H,31,33)(H,34,35). The monoisotopic (exact) mass is 468 g/mol. The lowest BCUT2D eigenvalue weighted by Gasteiger charge is -2.38. The summed E-state index contributed by atoms with van der Waals surface area (Å²) in [5.74, 6) is 0.0623. The Kier molecular flexibility index (Phi) is 5.52. The van der Waals surface area contributed by atoms with Crippen LogP contribution in [0.15, 0.2) is 67.3 Å². The van der Waals surface area contributed by atoms with Gasteiger partial charge in [0.25, 0.3) is 5.91 Å². The molecule has 4 aromatic rings. The molecular formula is C26H24N6O3. The number of aromatic nitrogens is 3. The largest absolute Gasteiger partial charge is 0.465 e. The van der Waals surface area contributed by atoms with E-state index in [9.17, 15) is 14.7 Å². The molecule has 0 aliphatic carbocycles. The van der Waals surface area contributed by atoms with Crippen LogP contribution >= 0.6 is 0 Å². The van der Waals surface area contributed by atoms with E-state index in [1.807, 2.05) is 44.2 Å². The zero-order valence-corrected chi connectivity index (χ0v) is 19.3. The first kappa shape index (κ1) is 22.3. The fourth-order valence-electron chi connectivity index (χ4n) is 4.49. The van der Waals surface area contributed by atoms with Gasteiger partial charge in [0.15, 0.2) is 0 Å². The van der Waals surface area contributed by atoms with Gasteiger partial charge in [-0.2, -0.15) is 0 Å². The van der Waals surface area contributed by atoms with Gasteiger partial charge in [0.05, 0.1) is 23.0 Å². The maximum absolute atomic E-state index is 13.2. The van der Waals surface area contributed by atoms with Gasteiger partial charge in [0.1, 0.15) is 5.82 Å². The van der Waals surface area contributed by atoms with Crippen LogP contribution < -0.4 is 10.6 Å². The molecule has 2 amide bonds. The second kappa shape index (κ2) is 8.68. The molecule has 0 spiro atoms. The summed E-state index contributed by atoms with van der Waals surface area (Å²) >= 11 is 0. The number of hydrogen-bond donors (Lipinski definition) is 3. The van der Waals surface area contributed by atoms with E-state index in [2.05, 4.69) is 25.6 Å². The summed E-state index contributed by atoms with van der Waals surface area (Å²) in [5, 5.41) is 16.5. The minimum Gasteiger partial charge on any atom is -0.465 e. The minimum absolute atomic E-state index is 0.279. The van der Waals surface area contributed by atoms with E-state index in [1.54, 1.807) is 36.9 Å². The molecule has 0 unspecified atom stereocenters. The van der Waals surface area contributed by atoms with Crippen LogP contribution in [-0.4, -0.2) is 43.5 Å². The molecule has 0 saturated carbocycles. The van der Waals surface area contributed by atoms with Crippen molar-refractivity contribution in [3.63, 3.8) is 0 Å². The van der Waals surface area contributed by atoms with Crippen LogP contribution in [0.2, 0.25) is 0 Å². The Balaban J connectivity index is 1.39. The Morgan fingerprint density at radius 2 is 1.89 bits per heavy atom. The molecule has 0 fully saturated rings. The average molecular weight is 469 g/mol. The van der Waals surface area contributed by atoms with Gasteiger partial charge in [0.2, 0.25) is 0 Å². The zero-order chi connectivity index (χ0) is 24.6. The third kappa shape index (κ3) is 4.48. The number of nitrogens with one attached hydrogen (secondary N) is 2. The summed E-state index contributed by atoms with van der Waals surface area (Å²) < 4.78 is 0. The number of rotatable bonds is 4. The van der Waals surface area contributed by atoms with Crippen molar-refractivity contribution in [2.45, 2.75) is 25.8 Å². The van der Waals surface area contributed by atoms with Crippen LogP contribution in [0.1, 0.15) is 35.3 Å². The maximum atomic E-state index is 13.2. The number of anilines is 3. The predicted molar refractivity (Wildman–Crippen MR) is 133 cm³/mol. The van der Waals surface area contributed by atoms with Gasteiger partial charge in [-0.15, -0.1) is 0 Å². The Morgan fingerprint density at radius 1 is 1.03 bits per heavy atom. The van der Waals surface area contributed by atoms with Gasteiger partial charge in [-0.05, 0) is 47.5 Å². The predicted octanol–water partition coefficient (Wildman–Crippen LogP) is 4.79. The van der Waals surface area contributed by atoms with Crippen LogP contribution in [0.25, 0.3) is 10.9 Å². The topological polar surface area (TPSA) is 120 Å². The summed E-state index contributed by atoms with van der Waals surface area (Å²) in [4.78, 5) is 39.1. The fourth-order valence-corrected chi connectivity index (χ4v) is 4.49. The zero-order valence-electron chi connectivity index (χ0n) is 19.3. The van der Waals surface area contributed by atoms with E-state index in [0.717, 1.165) is 22.0 Å². The number of hydrogen-bond acceptors (Lipinski definition) is 6. The molecule has 9 nitrogen and oxygen atoms in total. The lowest BCUT2D eigenvalue weighted by Crippen LogP contribution is -2.44. The van der Waals surface area contributed by atoms with Crippen LogP contribution in [0, 0.1) is 0 Å². The summed E-state index contributed by atoms with van der Waals surface area (Å²) in [6, 6.07) is 12.8. The van der Waals surface area contributed by atoms with E-state index < -0.39 is 6.09 Å². The Morgan fingerprint density at radius 3 is 2.71 bits per heavy atom. The third-order valence-electron chi connectivity index (χ3n) is 6.11. The second-order valence-electron chi connectivity index (χ2n) is 9.17. The lowest BCUT2D eigenvalue weighted by molar-refractivity contribution is 0.102. The molecule has 1 aliphatic heterocycles. The van der Waals surface area contributed by atoms with E-state index in [0.29, 0.717) is 29.3 Å². The number of carbonyl (C=O) groups excluding carboxylic acids is 1. The van der Waals surface area contributed by atoms with Gasteiger partial charge < -0.3 is 20.6 Å². The Labute approximate surface area is 201 Å². The smallest absolute Gasteiger partial charge is 0.407 e. The summed E-state index contributed by atoms with van der Waals surface area (Å²) in [6.07, 6.45) is 5.74. The number of nitrogens with zero attached hydrogens (tertiary/aromatic N) is 4. The van der Waals surface area contributed by atoms with Crippen LogP contribution in [-0.2, 0) is 12.0 Å². The van der Waals surface area contributed by atoms with Crippen molar-refractivity contribution >= 4 is 40.1 Å². The van der Waals surface area contributed by atoms with Crippen LogP contribution in [0.5, 0.6) is 0 Å². The molecule has 0 saturated heterocycles. The fraction of sp³-hybridized carbons (Fsp3) is 0.192. The minimum atomic E-state index is -0.955. The molecule has 3 aromatic heterocycles. The quantitative estimate of drug-likeness (QED) is 0.394. The molecule has 9 heteroatoms. The normalized spacial score (nSPS) is 14.3. The Bertz CT molecular complexity index is 1450. The highest BCUT2D eigenvalue weighted by Gasteiger charge is 2.34. The molecule has 4 heterocycles. The molecule has 3 N–H and O–H groups in total. The number of benzene rings is 1. The van der Waals surface area contributed by atoms with Crippen LogP contribution in [0.4, 0.5) is 22.0 Å². The molecule has 5 rings (SSSR count). The highest BCUT2D eigenvalue weighted by molar-refractivity contribution is 6.08. The van der Waals surface area contributed by atoms with E-state index in [1.165, 1.54) is 4.90 Å². The first-order valence-electron chi connectivity index (χ1n) is 11.1. The van der Waals surface area contributed by atoms with Crippen molar-refractivity contribution < 1.29 is 14.7 Å². The van der Waals surface area contributed by atoms with Gasteiger partial charge in [-0.1, -0.05) is 19.9 Å². The number of fused-ring (bicyclic) bond motifs is 2. The molecule has 1 aliphatic rings. The van der Waals surface area contributed by atoms with Crippen molar-refractivity contribution in [3.05, 3.63) is 83.9 Å². The van der Waals surface area contributed by atoms with Crippen molar-refractivity contribution in [2.24, 2.45) is 0 Å². The third-order valence-corrected chi connectivity index (χ3v) is 6.11. The molecule has 0 atom stereocenters.